The third kappa shape index (κ3) is 3.77. The SMILES string of the molecule is CC1C=COc2ccc3cc4c(C#N)c(c3c2)N=CC(=C4)N=CC2C=NCN2CCC1=O. The number of aliphatic imine (C=N–C) groups is 3. The fourth-order valence-corrected chi connectivity index (χ4v) is 4.00. The Bertz CT molecular complexity index is 1300. The summed E-state index contributed by atoms with van der Waals surface area (Å²) in [5, 5.41) is 11.6. The number of nitrogens with zero attached hydrogens (tertiary/aromatic N) is 5. The molecule has 5 rings (SSSR count). The van der Waals surface area contributed by atoms with Crippen LogP contribution in [0.2, 0.25) is 0 Å². The number of ether oxygens (including phenoxy) is 1. The minimum Gasteiger partial charge on any atom is -0.465 e. The van der Waals surface area contributed by atoms with Crippen LogP contribution in [-0.2, 0) is 4.79 Å². The van der Waals surface area contributed by atoms with Crippen molar-refractivity contribution in [1.29, 1.82) is 5.26 Å². The molecule has 3 heterocycles. The van der Waals surface area contributed by atoms with Gasteiger partial charge in [-0.1, -0.05) is 13.0 Å². The number of Topliss-reactive ketones (excluding diaryl/α,β-unsaturated/α-hetero) is 1. The molecule has 0 saturated heterocycles. The Kier molecular flexibility index (Phi) is 5.21. The number of allylic oxidation sites excluding steroid dienone is 2. The fraction of sp³-hybridized carbons (Fsp3) is 0.240. The molecule has 0 fully saturated rings. The minimum atomic E-state index is -0.255. The first-order valence-electron chi connectivity index (χ1n) is 10.5. The molecule has 5 bridgehead atoms. The summed E-state index contributed by atoms with van der Waals surface area (Å²) in [6, 6.07) is 9.85. The molecule has 3 aliphatic rings. The van der Waals surface area contributed by atoms with Crippen molar-refractivity contribution in [3.63, 3.8) is 0 Å². The van der Waals surface area contributed by atoms with Gasteiger partial charge in [-0.3, -0.25) is 24.7 Å². The van der Waals surface area contributed by atoms with Crippen LogP contribution < -0.4 is 4.74 Å². The maximum Gasteiger partial charge on any atom is 0.140 e. The molecular formula is C25H21N5O2. The van der Waals surface area contributed by atoms with Crippen LogP contribution in [0.15, 0.2) is 57.3 Å². The van der Waals surface area contributed by atoms with Gasteiger partial charge in [0, 0.05) is 36.7 Å². The van der Waals surface area contributed by atoms with Gasteiger partial charge in [0.1, 0.15) is 17.6 Å². The van der Waals surface area contributed by atoms with Gasteiger partial charge in [0.25, 0.3) is 0 Å². The van der Waals surface area contributed by atoms with Crippen molar-refractivity contribution in [1.82, 2.24) is 4.90 Å². The van der Waals surface area contributed by atoms with E-state index in [-0.39, 0.29) is 17.7 Å². The number of benzene rings is 2. The van der Waals surface area contributed by atoms with Gasteiger partial charge >= 0.3 is 0 Å². The molecule has 2 aromatic carbocycles. The molecule has 0 saturated carbocycles. The van der Waals surface area contributed by atoms with Crippen molar-refractivity contribution in [3.8, 4) is 11.8 Å². The van der Waals surface area contributed by atoms with Gasteiger partial charge in [-0.25, -0.2) is 0 Å². The van der Waals surface area contributed by atoms with E-state index in [0.717, 1.165) is 16.3 Å². The molecule has 2 aromatic rings. The first kappa shape index (κ1) is 20.0. The molecule has 3 aliphatic heterocycles. The minimum absolute atomic E-state index is 0.0893. The van der Waals surface area contributed by atoms with E-state index in [1.165, 1.54) is 0 Å². The van der Waals surface area contributed by atoms with E-state index in [2.05, 4.69) is 25.9 Å². The average molecular weight is 423 g/mol. The van der Waals surface area contributed by atoms with E-state index in [1.54, 1.807) is 18.6 Å². The monoisotopic (exact) mass is 423 g/mol. The van der Waals surface area contributed by atoms with E-state index in [4.69, 9.17) is 4.74 Å². The number of ketones is 1. The van der Waals surface area contributed by atoms with Crippen LogP contribution in [-0.4, -0.2) is 48.6 Å². The van der Waals surface area contributed by atoms with E-state index in [1.807, 2.05) is 49.7 Å². The molecule has 32 heavy (non-hydrogen) atoms. The largest absolute Gasteiger partial charge is 0.465 e. The van der Waals surface area contributed by atoms with Crippen molar-refractivity contribution >= 4 is 47.0 Å². The number of nitriles is 1. The number of carbonyl (C=O) groups is 1. The second-order valence-corrected chi connectivity index (χ2v) is 8.02. The third-order valence-electron chi connectivity index (χ3n) is 5.90. The van der Waals surface area contributed by atoms with Gasteiger partial charge in [-0.15, -0.1) is 0 Å². The number of carbonyl (C=O) groups excluding carboxylic acids is 1. The molecule has 7 nitrogen and oxygen atoms in total. The highest BCUT2D eigenvalue weighted by Gasteiger charge is 2.22. The molecule has 0 spiro atoms. The number of hydrogen-bond acceptors (Lipinski definition) is 7. The first-order valence-corrected chi connectivity index (χ1v) is 10.5. The van der Waals surface area contributed by atoms with Crippen LogP contribution in [0.3, 0.4) is 0 Å². The Hall–Kier alpha value is -3.89. The molecule has 0 amide bonds. The summed E-state index contributed by atoms with van der Waals surface area (Å²) < 4.78 is 5.78. The van der Waals surface area contributed by atoms with Gasteiger partial charge in [0.05, 0.1) is 42.1 Å². The van der Waals surface area contributed by atoms with Crippen LogP contribution in [0.5, 0.6) is 5.75 Å². The smallest absolute Gasteiger partial charge is 0.140 e. The first-order chi connectivity index (χ1) is 15.6. The van der Waals surface area contributed by atoms with E-state index >= 15 is 0 Å². The second kappa shape index (κ2) is 8.33. The molecule has 0 N–H and O–H groups in total. The van der Waals surface area contributed by atoms with Crippen LogP contribution >= 0.6 is 0 Å². The lowest BCUT2D eigenvalue weighted by Crippen LogP contribution is -2.35. The molecule has 2 atom stereocenters. The second-order valence-electron chi connectivity index (χ2n) is 8.02. The highest BCUT2D eigenvalue weighted by molar-refractivity contribution is 6.04. The standard InChI is InChI=1S/C25H21N5O2/c1-16-5-7-32-21-3-2-17-8-18-9-19(12-29-25(22(17)10-21)23(18)11-26)28-14-20-13-27-15-30(20)6-4-24(16)31/h2-3,5,7-10,12-14,16,20H,4,6,15H2,1H3. The lowest BCUT2D eigenvalue weighted by atomic mass is 9.98. The quantitative estimate of drug-likeness (QED) is 0.639. The molecular weight excluding hydrogens is 402 g/mol. The molecule has 158 valence electrons. The molecule has 0 aromatic heterocycles. The predicted octanol–water partition coefficient (Wildman–Crippen LogP) is 4.05. The van der Waals surface area contributed by atoms with Gasteiger partial charge in [-0.2, -0.15) is 5.26 Å². The number of rotatable bonds is 0. The summed E-state index contributed by atoms with van der Waals surface area (Å²) in [5.74, 6) is 0.505. The van der Waals surface area contributed by atoms with Gasteiger partial charge in [-0.05, 0) is 41.3 Å². The topological polar surface area (TPSA) is 90.4 Å². The lowest BCUT2D eigenvalue weighted by Gasteiger charge is -2.19. The normalized spacial score (nSPS) is 22.6. The van der Waals surface area contributed by atoms with Crippen molar-refractivity contribution < 1.29 is 9.53 Å². The van der Waals surface area contributed by atoms with Crippen molar-refractivity contribution in [2.75, 3.05) is 13.2 Å². The Morgan fingerprint density at radius 1 is 1.22 bits per heavy atom. The maximum atomic E-state index is 12.6. The summed E-state index contributed by atoms with van der Waals surface area (Å²) in [6.07, 6.45) is 11.0. The van der Waals surface area contributed by atoms with Crippen LogP contribution in [0, 0.1) is 17.2 Å². The van der Waals surface area contributed by atoms with E-state index in [9.17, 15) is 10.1 Å². The zero-order chi connectivity index (χ0) is 22.1. The summed E-state index contributed by atoms with van der Waals surface area (Å²) in [7, 11) is 0. The van der Waals surface area contributed by atoms with Crippen molar-refractivity contribution in [2.45, 2.75) is 19.4 Å². The summed E-state index contributed by atoms with van der Waals surface area (Å²) in [6.45, 7) is 3.01. The number of fused-ring (bicyclic) bond motifs is 4. The third-order valence-corrected chi connectivity index (χ3v) is 5.90. The zero-order valence-corrected chi connectivity index (χ0v) is 17.6. The van der Waals surface area contributed by atoms with Crippen molar-refractivity contribution in [3.05, 3.63) is 53.4 Å². The number of hydrogen-bond donors (Lipinski definition) is 0. The maximum absolute atomic E-state index is 12.6. The molecule has 2 unspecified atom stereocenters. The van der Waals surface area contributed by atoms with Crippen LogP contribution in [0.4, 0.5) is 5.69 Å². The summed E-state index contributed by atoms with van der Waals surface area (Å²) in [5.41, 5.74) is 2.54. The van der Waals surface area contributed by atoms with E-state index < -0.39 is 0 Å². The van der Waals surface area contributed by atoms with Gasteiger partial charge in [0.15, 0.2) is 0 Å². The van der Waals surface area contributed by atoms with Crippen LogP contribution in [0.25, 0.3) is 16.8 Å². The van der Waals surface area contributed by atoms with Gasteiger partial charge < -0.3 is 4.74 Å². The van der Waals surface area contributed by atoms with Crippen molar-refractivity contribution in [2.24, 2.45) is 20.9 Å². The molecule has 7 heteroatoms. The Labute approximate surface area is 185 Å². The molecule has 0 radical (unpaired) electrons. The highest BCUT2D eigenvalue weighted by Crippen LogP contribution is 2.37. The Morgan fingerprint density at radius 3 is 3.00 bits per heavy atom. The Morgan fingerprint density at radius 2 is 2.12 bits per heavy atom. The predicted molar refractivity (Wildman–Crippen MR) is 126 cm³/mol. The molecule has 0 aliphatic carbocycles. The summed E-state index contributed by atoms with van der Waals surface area (Å²) >= 11 is 0. The van der Waals surface area contributed by atoms with E-state index in [0.29, 0.717) is 42.3 Å². The zero-order valence-electron chi connectivity index (χ0n) is 17.6. The van der Waals surface area contributed by atoms with Crippen LogP contribution in [0.1, 0.15) is 24.5 Å². The summed E-state index contributed by atoms with van der Waals surface area (Å²) in [4.78, 5) is 28.3. The lowest BCUT2D eigenvalue weighted by molar-refractivity contribution is -0.121. The highest BCUT2D eigenvalue weighted by atomic mass is 16.5. The average Bonchev–Trinajstić information content (AvgIpc) is 3.20. The fourth-order valence-electron chi connectivity index (χ4n) is 4.00. The van der Waals surface area contributed by atoms with Gasteiger partial charge in [0.2, 0.25) is 0 Å². The Balaban J connectivity index is 1.63.